The van der Waals surface area contributed by atoms with Gasteiger partial charge in [-0.15, -0.1) is 0 Å². The first-order valence-corrected chi connectivity index (χ1v) is 7.34. The third-order valence-electron chi connectivity index (χ3n) is 5.14. The van der Waals surface area contributed by atoms with Gasteiger partial charge in [0.15, 0.2) is 0 Å². The normalized spacial score (nSPS) is 42.7. The minimum atomic E-state index is 0.310. The Morgan fingerprint density at radius 2 is 1.71 bits per heavy atom. The van der Waals surface area contributed by atoms with Crippen LogP contribution in [0.15, 0.2) is 0 Å². The number of rotatable bonds is 0. The van der Waals surface area contributed by atoms with Crippen molar-refractivity contribution in [2.75, 3.05) is 19.6 Å². The van der Waals surface area contributed by atoms with E-state index in [0.29, 0.717) is 23.7 Å². The lowest BCUT2D eigenvalue weighted by atomic mass is 9.72. The molecule has 0 spiro atoms. The minimum absolute atomic E-state index is 0.310. The Kier molecular flexibility index (Phi) is 3.37. The zero-order valence-electron chi connectivity index (χ0n) is 10.6. The molecule has 0 aromatic heterocycles. The topological polar surface area (TPSA) is 41.1 Å². The highest BCUT2D eigenvalue weighted by Gasteiger charge is 2.42. The average molecular weight is 236 g/mol. The molecule has 3 nitrogen and oxygen atoms in total. The summed E-state index contributed by atoms with van der Waals surface area (Å²) in [5.74, 6) is 2.75. The molecule has 0 radical (unpaired) electrons. The molecular weight excluding hydrogens is 212 g/mol. The number of nitrogens with one attached hydrogen (secondary N) is 2. The number of hydrogen-bond acceptors (Lipinski definition) is 2. The number of fused-ring (bicyclic) bond motifs is 3. The molecule has 0 aromatic carbocycles. The Morgan fingerprint density at radius 3 is 2.59 bits per heavy atom. The average Bonchev–Trinajstić information content (AvgIpc) is 2.70. The van der Waals surface area contributed by atoms with Crippen molar-refractivity contribution in [1.82, 2.24) is 10.6 Å². The summed E-state index contributed by atoms with van der Waals surface area (Å²) in [7, 11) is 0. The molecule has 1 saturated carbocycles. The van der Waals surface area contributed by atoms with Gasteiger partial charge in [0.2, 0.25) is 5.91 Å². The van der Waals surface area contributed by atoms with Crippen molar-refractivity contribution in [3.05, 3.63) is 0 Å². The van der Waals surface area contributed by atoms with Gasteiger partial charge in [-0.25, -0.2) is 0 Å². The number of carbonyl (C=O) groups is 1. The molecule has 1 aliphatic carbocycles. The summed E-state index contributed by atoms with van der Waals surface area (Å²) in [4.78, 5) is 12.2. The fraction of sp³-hybridized carbons (Fsp3) is 0.929. The Morgan fingerprint density at radius 1 is 0.882 bits per heavy atom. The van der Waals surface area contributed by atoms with Gasteiger partial charge in [-0.1, -0.05) is 25.7 Å². The van der Waals surface area contributed by atoms with Crippen LogP contribution in [0.5, 0.6) is 0 Å². The van der Waals surface area contributed by atoms with Crippen LogP contribution in [0.3, 0.4) is 0 Å². The SMILES string of the molecule is O=C1NCC2CNCC2C2CCCCCCC12. The molecule has 3 aliphatic rings. The molecule has 0 bridgehead atoms. The molecule has 2 saturated heterocycles. The summed E-state index contributed by atoms with van der Waals surface area (Å²) >= 11 is 0. The maximum absolute atomic E-state index is 12.2. The van der Waals surface area contributed by atoms with Gasteiger partial charge < -0.3 is 10.6 Å². The predicted molar refractivity (Wildman–Crippen MR) is 67.5 cm³/mol. The Bertz CT molecular complexity index is 292. The maximum Gasteiger partial charge on any atom is 0.223 e. The molecule has 3 fully saturated rings. The van der Waals surface area contributed by atoms with Crippen molar-refractivity contribution in [3.8, 4) is 0 Å². The van der Waals surface area contributed by atoms with Gasteiger partial charge in [-0.3, -0.25) is 4.79 Å². The first-order valence-electron chi connectivity index (χ1n) is 7.34. The molecule has 1 amide bonds. The van der Waals surface area contributed by atoms with Crippen molar-refractivity contribution in [3.63, 3.8) is 0 Å². The molecule has 4 unspecified atom stereocenters. The lowest BCUT2D eigenvalue weighted by Gasteiger charge is -2.31. The van der Waals surface area contributed by atoms with E-state index in [1.54, 1.807) is 0 Å². The van der Waals surface area contributed by atoms with Crippen LogP contribution in [0, 0.1) is 23.7 Å². The van der Waals surface area contributed by atoms with Crippen LogP contribution in [0.2, 0.25) is 0 Å². The van der Waals surface area contributed by atoms with E-state index >= 15 is 0 Å². The maximum atomic E-state index is 12.2. The second-order valence-electron chi connectivity index (χ2n) is 6.09. The van der Waals surface area contributed by atoms with E-state index in [-0.39, 0.29) is 0 Å². The number of hydrogen-bond donors (Lipinski definition) is 2. The van der Waals surface area contributed by atoms with Crippen molar-refractivity contribution in [2.45, 2.75) is 38.5 Å². The molecule has 2 aliphatic heterocycles. The zero-order chi connectivity index (χ0) is 11.7. The molecule has 17 heavy (non-hydrogen) atoms. The zero-order valence-corrected chi connectivity index (χ0v) is 10.6. The van der Waals surface area contributed by atoms with Gasteiger partial charge in [0.25, 0.3) is 0 Å². The molecule has 3 heteroatoms. The summed E-state index contributed by atoms with van der Waals surface area (Å²) in [6.07, 6.45) is 7.68. The molecule has 2 N–H and O–H groups in total. The smallest absolute Gasteiger partial charge is 0.223 e. The van der Waals surface area contributed by atoms with Crippen LogP contribution in [0.4, 0.5) is 0 Å². The highest BCUT2D eigenvalue weighted by atomic mass is 16.1. The molecule has 0 aromatic rings. The predicted octanol–water partition coefficient (Wildman–Crippen LogP) is 1.54. The van der Waals surface area contributed by atoms with E-state index in [4.69, 9.17) is 0 Å². The van der Waals surface area contributed by atoms with Gasteiger partial charge in [-0.2, -0.15) is 0 Å². The van der Waals surface area contributed by atoms with Gasteiger partial charge in [0.1, 0.15) is 0 Å². The second-order valence-corrected chi connectivity index (χ2v) is 6.09. The highest BCUT2D eigenvalue weighted by molar-refractivity contribution is 5.79. The molecule has 4 atom stereocenters. The van der Waals surface area contributed by atoms with Gasteiger partial charge >= 0.3 is 0 Å². The van der Waals surface area contributed by atoms with Crippen molar-refractivity contribution >= 4 is 5.91 Å². The summed E-state index contributed by atoms with van der Waals surface area (Å²) in [6, 6.07) is 0. The van der Waals surface area contributed by atoms with E-state index in [2.05, 4.69) is 10.6 Å². The van der Waals surface area contributed by atoms with Gasteiger partial charge in [0, 0.05) is 12.5 Å². The van der Waals surface area contributed by atoms with Gasteiger partial charge in [0.05, 0.1) is 0 Å². The molecule has 2 heterocycles. The third-order valence-corrected chi connectivity index (χ3v) is 5.14. The Balaban J connectivity index is 1.82. The molecular formula is C14H24N2O. The second kappa shape index (κ2) is 4.97. The Labute approximate surface area is 104 Å². The van der Waals surface area contributed by atoms with Crippen LogP contribution < -0.4 is 10.6 Å². The summed E-state index contributed by atoms with van der Waals surface area (Å²) in [6.45, 7) is 3.15. The van der Waals surface area contributed by atoms with Crippen LogP contribution in [0.1, 0.15) is 38.5 Å². The molecule has 3 rings (SSSR count). The monoisotopic (exact) mass is 236 g/mol. The fourth-order valence-corrected chi connectivity index (χ4v) is 4.19. The summed E-state index contributed by atoms with van der Waals surface area (Å²) < 4.78 is 0. The highest BCUT2D eigenvalue weighted by Crippen LogP contribution is 2.39. The number of carbonyl (C=O) groups excluding carboxylic acids is 1. The quantitative estimate of drug-likeness (QED) is 0.670. The van der Waals surface area contributed by atoms with Crippen LogP contribution in [-0.4, -0.2) is 25.5 Å². The number of amides is 1. The first kappa shape index (κ1) is 11.5. The first-order chi connectivity index (χ1) is 8.36. The lowest BCUT2D eigenvalue weighted by molar-refractivity contribution is -0.126. The van der Waals surface area contributed by atoms with Crippen molar-refractivity contribution in [1.29, 1.82) is 0 Å². The van der Waals surface area contributed by atoms with E-state index in [0.717, 1.165) is 32.0 Å². The molecule has 96 valence electrons. The lowest BCUT2D eigenvalue weighted by Crippen LogP contribution is -2.35. The van der Waals surface area contributed by atoms with E-state index in [9.17, 15) is 4.79 Å². The van der Waals surface area contributed by atoms with Crippen molar-refractivity contribution < 1.29 is 4.79 Å². The third kappa shape index (κ3) is 2.22. The van der Waals surface area contributed by atoms with Gasteiger partial charge in [-0.05, 0) is 43.7 Å². The van der Waals surface area contributed by atoms with Crippen LogP contribution in [-0.2, 0) is 4.79 Å². The van der Waals surface area contributed by atoms with Crippen LogP contribution in [0.25, 0.3) is 0 Å². The fourth-order valence-electron chi connectivity index (χ4n) is 4.19. The largest absolute Gasteiger partial charge is 0.356 e. The van der Waals surface area contributed by atoms with E-state index in [1.165, 1.54) is 32.1 Å². The van der Waals surface area contributed by atoms with Crippen molar-refractivity contribution in [2.24, 2.45) is 23.7 Å². The summed E-state index contributed by atoms with van der Waals surface area (Å²) in [5.41, 5.74) is 0. The van der Waals surface area contributed by atoms with Crippen LogP contribution >= 0.6 is 0 Å². The van der Waals surface area contributed by atoms with E-state index < -0.39 is 0 Å². The Hall–Kier alpha value is -0.570. The van der Waals surface area contributed by atoms with E-state index in [1.807, 2.05) is 0 Å². The standard InChI is InChI=1S/C14H24N2O/c17-14-12-6-4-2-1-3-5-11(12)13-9-15-7-10(13)8-16-14/h10-13,15H,1-9H2,(H,16,17). The minimum Gasteiger partial charge on any atom is -0.356 e. The summed E-state index contributed by atoms with van der Waals surface area (Å²) in [5, 5.41) is 6.71.